The van der Waals surface area contributed by atoms with Gasteiger partial charge in [0.2, 0.25) is 5.91 Å². The SMILES string of the molecule is CCNC(=O)CN(C)C(=O)c1cc(F)ccc1C#CCO. The molecule has 0 unspecified atom stereocenters. The van der Waals surface area contributed by atoms with E-state index in [9.17, 15) is 14.0 Å². The number of rotatable bonds is 4. The molecule has 6 heteroatoms. The summed E-state index contributed by atoms with van der Waals surface area (Å²) in [5.41, 5.74) is 0.362. The molecule has 0 spiro atoms. The number of aliphatic hydroxyl groups excluding tert-OH is 1. The Bertz CT molecular complexity index is 590. The van der Waals surface area contributed by atoms with Crippen molar-refractivity contribution in [3.63, 3.8) is 0 Å². The molecule has 2 N–H and O–H groups in total. The minimum absolute atomic E-state index is 0.0581. The lowest BCUT2D eigenvalue weighted by Gasteiger charge is -2.17. The third-order valence-electron chi connectivity index (χ3n) is 2.62. The molecule has 0 aliphatic heterocycles. The molecule has 1 aromatic rings. The van der Waals surface area contributed by atoms with Crippen LogP contribution in [0.25, 0.3) is 0 Å². The summed E-state index contributed by atoms with van der Waals surface area (Å²) in [4.78, 5) is 24.9. The van der Waals surface area contributed by atoms with E-state index in [0.29, 0.717) is 12.1 Å². The Hall–Kier alpha value is -2.39. The lowest BCUT2D eigenvalue weighted by atomic mass is 10.1. The van der Waals surface area contributed by atoms with Gasteiger partial charge in [0.05, 0.1) is 12.1 Å². The zero-order valence-corrected chi connectivity index (χ0v) is 11.9. The lowest BCUT2D eigenvalue weighted by Crippen LogP contribution is -2.38. The van der Waals surface area contributed by atoms with Crippen LogP contribution in [0.4, 0.5) is 4.39 Å². The largest absolute Gasteiger partial charge is 0.384 e. The molecule has 1 aromatic carbocycles. The van der Waals surface area contributed by atoms with Gasteiger partial charge in [0.15, 0.2) is 0 Å². The van der Waals surface area contributed by atoms with Crippen molar-refractivity contribution in [2.24, 2.45) is 0 Å². The smallest absolute Gasteiger partial charge is 0.255 e. The van der Waals surface area contributed by atoms with Gasteiger partial charge >= 0.3 is 0 Å². The summed E-state index contributed by atoms with van der Waals surface area (Å²) in [6, 6.07) is 3.62. The monoisotopic (exact) mass is 292 g/mol. The molecule has 0 aliphatic carbocycles. The molecule has 0 heterocycles. The molecule has 5 nitrogen and oxygen atoms in total. The zero-order chi connectivity index (χ0) is 15.8. The highest BCUT2D eigenvalue weighted by Crippen LogP contribution is 2.12. The van der Waals surface area contributed by atoms with Crippen LogP contribution in [-0.2, 0) is 4.79 Å². The number of nitrogens with zero attached hydrogens (tertiary/aromatic N) is 1. The fourth-order valence-electron chi connectivity index (χ4n) is 1.68. The van der Waals surface area contributed by atoms with Crippen LogP contribution in [0, 0.1) is 17.7 Å². The average Bonchev–Trinajstić information content (AvgIpc) is 2.45. The van der Waals surface area contributed by atoms with Gasteiger partial charge in [-0.25, -0.2) is 4.39 Å². The van der Waals surface area contributed by atoms with Crippen molar-refractivity contribution in [1.29, 1.82) is 0 Å². The lowest BCUT2D eigenvalue weighted by molar-refractivity contribution is -0.121. The van der Waals surface area contributed by atoms with E-state index in [1.807, 2.05) is 0 Å². The van der Waals surface area contributed by atoms with Gasteiger partial charge in [-0.1, -0.05) is 11.8 Å². The average molecular weight is 292 g/mol. The summed E-state index contributed by atoms with van der Waals surface area (Å²) in [5.74, 6) is 3.62. The number of aliphatic hydroxyl groups is 1. The molecule has 0 saturated carbocycles. The molecule has 21 heavy (non-hydrogen) atoms. The molecular weight excluding hydrogens is 275 g/mol. The van der Waals surface area contributed by atoms with Crippen molar-refractivity contribution in [2.45, 2.75) is 6.92 Å². The van der Waals surface area contributed by atoms with Crippen LogP contribution < -0.4 is 5.32 Å². The molecule has 2 amide bonds. The zero-order valence-electron chi connectivity index (χ0n) is 11.9. The normalized spacial score (nSPS) is 9.52. The third-order valence-corrected chi connectivity index (χ3v) is 2.62. The molecule has 0 aromatic heterocycles. The van der Waals surface area contributed by atoms with Gasteiger partial charge in [-0.15, -0.1) is 0 Å². The van der Waals surface area contributed by atoms with Crippen LogP contribution in [0.3, 0.4) is 0 Å². The Morgan fingerprint density at radius 2 is 2.14 bits per heavy atom. The van der Waals surface area contributed by atoms with E-state index in [-0.39, 0.29) is 24.6 Å². The maximum Gasteiger partial charge on any atom is 0.255 e. The van der Waals surface area contributed by atoms with E-state index in [4.69, 9.17) is 5.11 Å². The van der Waals surface area contributed by atoms with E-state index < -0.39 is 11.7 Å². The molecule has 0 fully saturated rings. The van der Waals surface area contributed by atoms with Gasteiger partial charge in [0, 0.05) is 19.2 Å². The third kappa shape index (κ3) is 4.89. The Morgan fingerprint density at radius 1 is 1.43 bits per heavy atom. The van der Waals surface area contributed by atoms with Crippen LogP contribution in [0.5, 0.6) is 0 Å². The highest BCUT2D eigenvalue weighted by molar-refractivity contribution is 5.98. The molecular formula is C15H17FN2O3. The van der Waals surface area contributed by atoms with Crippen molar-refractivity contribution >= 4 is 11.8 Å². The topological polar surface area (TPSA) is 69.6 Å². The Kier molecular flexibility index (Phi) is 6.37. The van der Waals surface area contributed by atoms with E-state index in [2.05, 4.69) is 17.2 Å². The first-order chi connectivity index (χ1) is 9.99. The van der Waals surface area contributed by atoms with E-state index in [1.165, 1.54) is 24.1 Å². The van der Waals surface area contributed by atoms with Gasteiger partial charge < -0.3 is 15.3 Å². The van der Waals surface area contributed by atoms with Gasteiger partial charge in [0.25, 0.3) is 5.91 Å². The highest BCUT2D eigenvalue weighted by atomic mass is 19.1. The van der Waals surface area contributed by atoms with E-state index in [1.54, 1.807) is 6.92 Å². The predicted octanol–water partition coefficient (Wildman–Crippen LogP) is 0.378. The van der Waals surface area contributed by atoms with Crippen LogP contribution in [-0.4, -0.2) is 48.6 Å². The number of carbonyl (C=O) groups is 2. The fraction of sp³-hybridized carbons (Fsp3) is 0.333. The number of hydrogen-bond acceptors (Lipinski definition) is 3. The van der Waals surface area contributed by atoms with Crippen LogP contribution in [0.1, 0.15) is 22.8 Å². The molecule has 0 saturated heterocycles. The second-order valence-corrected chi connectivity index (χ2v) is 4.26. The second kappa shape index (κ2) is 8.02. The van der Waals surface area contributed by atoms with Crippen molar-refractivity contribution in [3.05, 3.63) is 35.1 Å². The second-order valence-electron chi connectivity index (χ2n) is 4.26. The van der Waals surface area contributed by atoms with Crippen molar-refractivity contribution in [3.8, 4) is 11.8 Å². The molecule has 0 radical (unpaired) electrons. The summed E-state index contributed by atoms with van der Waals surface area (Å²) >= 11 is 0. The minimum atomic E-state index is -0.570. The number of halogens is 1. The first-order valence-corrected chi connectivity index (χ1v) is 6.41. The highest BCUT2D eigenvalue weighted by Gasteiger charge is 2.18. The van der Waals surface area contributed by atoms with Crippen LogP contribution >= 0.6 is 0 Å². The summed E-state index contributed by atoms with van der Waals surface area (Å²) in [5, 5.41) is 11.3. The number of amides is 2. The fourth-order valence-corrected chi connectivity index (χ4v) is 1.68. The molecule has 0 atom stereocenters. The van der Waals surface area contributed by atoms with E-state index in [0.717, 1.165) is 6.07 Å². The first kappa shape index (κ1) is 16.7. The molecule has 0 aliphatic rings. The molecule has 0 bridgehead atoms. The summed E-state index contributed by atoms with van der Waals surface area (Å²) in [7, 11) is 1.45. The number of carbonyl (C=O) groups excluding carboxylic acids is 2. The van der Waals surface area contributed by atoms with Gasteiger partial charge in [-0.2, -0.15) is 0 Å². The molecule has 112 valence electrons. The quantitative estimate of drug-likeness (QED) is 0.788. The molecule has 1 rings (SSSR count). The number of benzene rings is 1. The summed E-state index contributed by atoms with van der Waals surface area (Å²) < 4.78 is 13.3. The summed E-state index contributed by atoms with van der Waals surface area (Å²) in [6.45, 7) is 1.75. The maximum atomic E-state index is 13.3. The minimum Gasteiger partial charge on any atom is -0.384 e. The first-order valence-electron chi connectivity index (χ1n) is 6.41. The van der Waals surface area contributed by atoms with Crippen molar-refractivity contribution < 1.29 is 19.1 Å². The maximum absolute atomic E-state index is 13.3. The standard InChI is InChI=1S/C15H17FN2O3/c1-3-17-14(20)10-18(2)15(21)13-9-12(16)7-6-11(13)5-4-8-19/h6-7,9,19H,3,8,10H2,1-2H3,(H,17,20). The number of likely N-dealkylation sites (N-methyl/N-ethyl adjacent to an activating group) is 2. The van der Waals surface area contributed by atoms with Crippen molar-refractivity contribution in [1.82, 2.24) is 10.2 Å². The van der Waals surface area contributed by atoms with Gasteiger partial charge in [-0.3, -0.25) is 9.59 Å². The van der Waals surface area contributed by atoms with Crippen molar-refractivity contribution in [2.75, 3.05) is 26.7 Å². The van der Waals surface area contributed by atoms with Gasteiger partial charge in [-0.05, 0) is 25.1 Å². The Morgan fingerprint density at radius 3 is 2.76 bits per heavy atom. The van der Waals surface area contributed by atoms with Crippen LogP contribution in [0.2, 0.25) is 0 Å². The Labute approximate surface area is 122 Å². The Balaban J connectivity index is 3.00. The van der Waals surface area contributed by atoms with E-state index >= 15 is 0 Å². The van der Waals surface area contributed by atoms with Gasteiger partial charge in [0.1, 0.15) is 12.4 Å². The summed E-state index contributed by atoms with van der Waals surface area (Å²) in [6.07, 6.45) is 0. The number of nitrogens with one attached hydrogen (secondary N) is 1. The number of hydrogen-bond donors (Lipinski definition) is 2. The van der Waals surface area contributed by atoms with Crippen LogP contribution in [0.15, 0.2) is 18.2 Å². The predicted molar refractivity (Wildman–Crippen MR) is 76.0 cm³/mol.